The van der Waals surface area contributed by atoms with Crippen LogP contribution < -0.4 is 5.32 Å². The van der Waals surface area contributed by atoms with E-state index in [9.17, 15) is 14.7 Å². The number of phenolic OH excluding ortho intramolecular Hbond substituents is 1. The number of likely N-dealkylation sites (N-methyl/N-ethyl adjacent to an activating group) is 1. The monoisotopic (exact) mass is 262 g/mol. The average molecular weight is 262 g/mol. The lowest BCUT2D eigenvalue weighted by atomic mass is 10.1. The molecule has 1 heterocycles. The Kier molecular flexibility index (Phi) is 4.04. The molecule has 2 rings (SSSR count). The summed E-state index contributed by atoms with van der Waals surface area (Å²) in [5.74, 6) is -0.0342. The van der Waals surface area contributed by atoms with Crippen molar-refractivity contribution < 1.29 is 14.7 Å². The predicted molar refractivity (Wildman–Crippen MR) is 70.6 cm³/mol. The van der Waals surface area contributed by atoms with Crippen LogP contribution in [0.2, 0.25) is 0 Å². The van der Waals surface area contributed by atoms with Gasteiger partial charge in [0.2, 0.25) is 11.8 Å². The quantitative estimate of drug-likeness (QED) is 0.841. The van der Waals surface area contributed by atoms with Crippen molar-refractivity contribution in [2.24, 2.45) is 0 Å². The highest BCUT2D eigenvalue weighted by molar-refractivity contribution is 5.88. The molecular weight excluding hydrogens is 244 g/mol. The van der Waals surface area contributed by atoms with E-state index >= 15 is 0 Å². The van der Waals surface area contributed by atoms with Crippen LogP contribution in [0.15, 0.2) is 24.3 Å². The molecular formula is C14H18N2O3. The molecule has 1 aromatic carbocycles. The van der Waals surface area contributed by atoms with Crippen LogP contribution in [-0.2, 0) is 16.0 Å². The zero-order chi connectivity index (χ0) is 13.8. The summed E-state index contributed by atoms with van der Waals surface area (Å²) in [6.07, 6.45) is 1.78. The van der Waals surface area contributed by atoms with Gasteiger partial charge < -0.3 is 15.3 Å². The summed E-state index contributed by atoms with van der Waals surface area (Å²) in [6.45, 7) is 0.621. The fourth-order valence-electron chi connectivity index (χ4n) is 2.45. The van der Waals surface area contributed by atoms with Gasteiger partial charge in [0.05, 0.1) is 6.42 Å². The highest BCUT2D eigenvalue weighted by atomic mass is 16.3. The fraction of sp³-hybridized carbons (Fsp3) is 0.429. The first-order chi connectivity index (χ1) is 9.11. The van der Waals surface area contributed by atoms with Crippen molar-refractivity contribution in [2.45, 2.75) is 25.3 Å². The molecule has 1 unspecified atom stereocenters. The Morgan fingerprint density at radius 3 is 2.95 bits per heavy atom. The molecule has 5 nitrogen and oxygen atoms in total. The molecule has 0 aromatic heterocycles. The highest BCUT2D eigenvalue weighted by Gasteiger charge is 2.33. The normalized spacial score (nSPS) is 18.4. The molecule has 1 aliphatic heterocycles. The minimum Gasteiger partial charge on any atom is -0.508 e. The molecule has 19 heavy (non-hydrogen) atoms. The summed E-state index contributed by atoms with van der Waals surface area (Å²) in [5, 5.41) is 12.0. The zero-order valence-electron chi connectivity index (χ0n) is 10.9. The lowest BCUT2D eigenvalue weighted by Crippen LogP contribution is -2.45. The van der Waals surface area contributed by atoms with Crippen LogP contribution >= 0.6 is 0 Å². The van der Waals surface area contributed by atoms with Crippen molar-refractivity contribution in [3.63, 3.8) is 0 Å². The van der Waals surface area contributed by atoms with E-state index in [2.05, 4.69) is 5.32 Å². The second kappa shape index (κ2) is 5.73. The number of likely N-dealkylation sites (tertiary alicyclic amines) is 1. The van der Waals surface area contributed by atoms with Crippen molar-refractivity contribution >= 4 is 11.8 Å². The van der Waals surface area contributed by atoms with Crippen LogP contribution in [0, 0.1) is 0 Å². The van der Waals surface area contributed by atoms with Crippen LogP contribution in [0.3, 0.4) is 0 Å². The summed E-state index contributed by atoms with van der Waals surface area (Å²) >= 11 is 0. The molecule has 0 aliphatic carbocycles. The van der Waals surface area contributed by atoms with Gasteiger partial charge in [-0.15, -0.1) is 0 Å². The highest BCUT2D eigenvalue weighted by Crippen LogP contribution is 2.19. The molecule has 1 atom stereocenters. The van der Waals surface area contributed by atoms with Crippen molar-refractivity contribution in [2.75, 3.05) is 13.6 Å². The molecule has 1 fully saturated rings. The van der Waals surface area contributed by atoms with Crippen LogP contribution in [0.4, 0.5) is 0 Å². The Morgan fingerprint density at radius 2 is 2.26 bits per heavy atom. The van der Waals surface area contributed by atoms with Crippen molar-refractivity contribution in [1.82, 2.24) is 10.2 Å². The van der Waals surface area contributed by atoms with E-state index in [1.54, 1.807) is 36.2 Å². The number of nitrogens with one attached hydrogen (secondary N) is 1. The molecule has 1 aromatic rings. The average Bonchev–Trinajstić information content (AvgIpc) is 2.87. The third kappa shape index (κ3) is 3.05. The summed E-state index contributed by atoms with van der Waals surface area (Å²) < 4.78 is 0. The molecule has 0 radical (unpaired) electrons. The number of nitrogens with zero attached hydrogens (tertiary/aromatic N) is 1. The van der Waals surface area contributed by atoms with Crippen LogP contribution in [-0.4, -0.2) is 41.5 Å². The molecule has 1 saturated heterocycles. The van der Waals surface area contributed by atoms with Gasteiger partial charge in [-0.3, -0.25) is 9.59 Å². The number of rotatable bonds is 3. The van der Waals surface area contributed by atoms with Gasteiger partial charge in [0.25, 0.3) is 0 Å². The molecule has 0 bridgehead atoms. The fourth-order valence-corrected chi connectivity index (χ4v) is 2.45. The van der Waals surface area contributed by atoms with Gasteiger partial charge in [-0.25, -0.2) is 0 Å². The van der Waals surface area contributed by atoms with Crippen molar-refractivity contribution in [3.8, 4) is 5.75 Å². The van der Waals surface area contributed by atoms with E-state index < -0.39 is 0 Å². The maximum absolute atomic E-state index is 12.2. The summed E-state index contributed by atoms with van der Waals surface area (Å²) in [6, 6.07) is 6.29. The number of carbonyl (C=O) groups is 2. The lowest BCUT2D eigenvalue weighted by molar-refractivity contribution is -0.137. The van der Waals surface area contributed by atoms with E-state index in [4.69, 9.17) is 0 Å². The van der Waals surface area contributed by atoms with E-state index in [0.29, 0.717) is 13.0 Å². The third-order valence-corrected chi connectivity index (χ3v) is 3.39. The Bertz CT molecular complexity index is 487. The number of amides is 2. The Balaban J connectivity index is 2.05. The van der Waals surface area contributed by atoms with Crippen LogP contribution in [0.1, 0.15) is 18.4 Å². The number of benzene rings is 1. The SMILES string of the molecule is CNC(=O)C1CCCN1C(=O)Cc1cccc(O)c1. The molecule has 0 spiro atoms. The second-order valence-corrected chi connectivity index (χ2v) is 4.71. The summed E-state index contributed by atoms with van der Waals surface area (Å²) in [5.41, 5.74) is 0.757. The maximum Gasteiger partial charge on any atom is 0.242 e. The number of phenols is 1. The van der Waals surface area contributed by atoms with E-state index in [1.807, 2.05) is 0 Å². The summed E-state index contributed by atoms with van der Waals surface area (Å²) in [7, 11) is 1.58. The Morgan fingerprint density at radius 1 is 1.47 bits per heavy atom. The number of hydrogen-bond donors (Lipinski definition) is 2. The number of aromatic hydroxyl groups is 1. The zero-order valence-corrected chi connectivity index (χ0v) is 10.9. The number of hydrogen-bond acceptors (Lipinski definition) is 3. The van der Waals surface area contributed by atoms with Crippen molar-refractivity contribution in [3.05, 3.63) is 29.8 Å². The summed E-state index contributed by atoms with van der Waals surface area (Å²) in [4.78, 5) is 25.5. The third-order valence-electron chi connectivity index (χ3n) is 3.39. The first-order valence-electron chi connectivity index (χ1n) is 6.41. The maximum atomic E-state index is 12.2. The minimum atomic E-state index is -0.352. The van der Waals surface area contributed by atoms with Gasteiger partial charge >= 0.3 is 0 Å². The van der Waals surface area contributed by atoms with E-state index in [-0.39, 0.29) is 30.0 Å². The molecule has 1 aliphatic rings. The van der Waals surface area contributed by atoms with Gasteiger partial charge in [0.15, 0.2) is 0 Å². The van der Waals surface area contributed by atoms with Crippen molar-refractivity contribution in [1.29, 1.82) is 0 Å². The molecule has 0 saturated carbocycles. The number of carbonyl (C=O) groups excluding carboxylic acids is 2. The first kappa shape index (κ1) is 13.4. The standard InChI is InChI=1S/C14H18N2O3/c1-15-14(19)12-6-3-7-16(12)13(18)9-10-4-2-5-11(17)8-10/h2,4-5,8,12,17H,3,6-7,9H2,1H3,(H,15,19). The molecule has 102 valence electrons. The topological polar surface area (TPSA) is 69.6 Å². The molecule has 2 amide bonds. The minimum absolute atomic E-state index is 0.0725. The smallest absolute Gasteiger partial charge is 0.242 e. The largest absolute Gasteiger partial charge is 0.508 e. The lowest BCUT2D eigenvalue weighted by Gasteiger charge is -2.23. The van der Waals surface area contributed by atoms with Crippen LogP contribution in [0.25, 0.3) is 0 Å². The van der Waals surface area contributed by atoms with Gasteiger partial charge in [0.1, 0.15) is 11.8 Å². The molecule has 5 heteroatoms. The van der Waals surface area contributed by atoms with E-state index in [0.717, 1.165) is 12.0 Å². The van der Waals surface area contributed by atoms with Gasteiger partial charge in [0, 0.05) is 13.6 Å². The Hall–Kier alpha value is -2.04. The first-order valence-corrected chi connectivity index (χ1v) is 6.41. The molecule has 2 N–H and O–H groups in total. The van der Waals surface area contributed by atoms with Gasteiger partial charge in [-0.05, 0) is 30.5 Å². The predicted octanol–water partition coefficient (Wildman–Crippen LogP) is 0.672. The van der Waals surface area contributed by atoms with E-state index in [1.165, 1.54) is 0 Å². The van der Waals surface area contributed by atoms with Gasteiger partial charge in [-0.2, -0.15) is 0 Å². The second-order valence-electron chi connectivity index (χ2n) is 4.71. The Labute approximate surface area is 112 Å². The van der Waals surface area contributed by atoms with Gasteiger partial charge in [-0.1, -0.05) is 12.1 Å². The van der Waals surface area contributed by atoms with Crippen LogP contribution in [0.5, 0.6) is 5.75 Å².